The third kappa shape index (κ3) is 7.50. The van der Waals surface area contributed by atoms with Crippen LogP contribution < -0.4 is 0 Å². The highest BCUT2D eigenvalue weighted by molar-refractivity contribution is 6.15. The van der Waals surface area contributed by atoms with Gasteiger partial charge >= 0.3 is 0 Å². The van der Waals surface area contributed by atoms with E-state index in [4.69, 9.17) is 15.0 Å². The van der Waals surface area contributed by atoms with E-state index in [0.717, 1.165) is 112 Å². The molecular weight excluding hydrogens is 983 g/mol. The van der Waals surface area contributed by atoms with Crippen molar-refractivity contribution in [3.63, 3.8) is 0 Å². The molecular formula is C76H51N5. The Morgan fingerprint density at radius 1 is 0.321 bits per heavy atom. The summed E-state index contributed by atoms with van der Waals surface area (Å²) in [5.74, 6) is 1.80. The molecule has 16 rings (SSSR count). The summed E-state index contributed by atoms with van der Waals surface area (Å²) in [6.07, 6.45) is 8.57. The van der Waals surface area contributed by atoms with E-state index in [1.54, 1.807) is 0 Å². The highest BCUT2D eigenvalue weighted by Gasteiger charge is 2.46. The number of hydrogen-bond donors (Lipinski definition) is 0. The van der Waals surface area contributed by atoms with Crippen molar-refractivity contribution in [3.05, 3.63) is 313 Å². The Hall–Kier alpha value is -10.5. The van der Waals surface area contributed by atoms with Crippen LogP contribution in [0.3, 0.4) is 0 Å². The van der Waals surface area contributed by atoms with Gasteiger partial charge in [-0.3, -0.25) is 4.57 Å². The maximum absolute atomic E-state index is 5.73. The molecule has 11 aromatic carbocycles. The molecule has 380 valence electrons. The highest BCUT2D eigenvalue weighted by Crippen LogP contribution is 2.56. The van der Waals surface area contributed by atoms with E-state index in [9.17, 15) is 0 Å². The van der Waals surface area contributed by atoms with E-state index in [1.807, 2.05) is 0 Å². The highest BCUT2D eigenvalue weighted by atomic mass is 15.2. The molecule has 0 saturated carbocycles. The molecule has 2 aliphatic rings. The van der Waals surface area contributed by atoms with E-state index >= 15 is 0 Å². The van der Waals surface area contributed by atoms with E-state index in [2.05, 4.69) is 294 Å². The maximum Gasteiger partial charge on any atom is 0.238 e. The molecule has 0 radical (unpaired) electrons. The standard InChI is InChI=1S/C76H51N5/c1-8-22-50(23-9-1)55-37-41-69-62(44-55)63-45-56(51-24-10-2-11-25-51)38-42-70(63)81(69)75-78-73(54-30-16-5-17-31-54)77-74(79-75)59-47-65-64-46-57(52-26-12-3-13-27-52)36-40-68(64)80-71-43-39-58(53-28-14-4-15-29-53)48-66(71)76(67(49-59)72(65)80,60-32-18-6-19-33-60)61-34-20-7-21-35-61/h1-4,6-16,18-49H,5,17H2. The van der Waals surface area contributed by atoms with Gasteiger partial charge in [-0.1, -0.05) is 224 Å². The van der Waals surface area contributed by atoms with Crippen molar-refractivity contribution in [3.8, 4) is 67.5 Å². The van der Waals surface area contributed by atoms with Crippen molar-refractivity contribution in [1.29, 1.82) is 0 Å². The van der Waals surface area contributed by atoms with Crippen LogP contribution in [-0.2, 0) is 5.41 Å². The minimum Gasteiger partial charge on any atom is -0.309 e. The van der Waals surface area contributed by atoms with E-state index < -0.39 is 5.41 Å². The van der Waals surface area contributed by atoms with Crippen LogP contribution >= 0.6 is 0 Å². The molecule has 0 bridgehead atoms. The summed E-state index contributed by atoms with van der Waals surface area (Å²) < 4.78 is 4.79. The van der Waals surface area contributed by atoms with Crippen LogP contribution in [0.5, 0.6) is 0 Å². The molecule has 1 aliphatic carbocycles. The van der Waals surface area contributed by atoms with Crippen LogP contribution in [0.15, 0.2) is 285 Å². The number of aromatic nitrogens is 5. The Bertz CT molecular complexity index is 4690. The molecule has 0 saturated heterocycles. The fourth-order valence-electron chi connectivity index (χ4n) is 13.1. The second kappa shape index (κ2) is 18.9. The van der Waals surface area contributed by atoms with Gasteiger partial charge in [-0.25, -0.2) is 4.98 Å². The average Bonchev–Trinajstić information content (AvgIpc) is 4.31. The van der Waals surface area contributed by atoms with Crippen LogP contribution in [-0.4, -0.2) is 24.1 Å². The smallest absolute Gasteiger partial charge is 0.238 e. The van der Waals surface area contributed by atoms with Gasteiger partial charge in [0.2, 0.25) is 5.95 Å². The fourth-order valence-corrected chi connectivity index (χ4v) is 13.1. The minimum atomic E-state index is -0.795. The zero-order chi connectivity index (χ0) is 53.4. The van der Waals surface area contributed by atoms with Crippen molar-refractivity contribution in [2.75, 3.05) is 0 Å². The summed E-state index contributed by atoms with van der Waals surface area (Å²) in [5.41, 5.74) is 20.5. The van der Waals surface area contributed by atoms with Crippen molar-refractivity contribution < 1.29 is 0 Å². The zero-order valence-corrected chi connectivity index (χ0v) is 44.3. The number of nitrogens with zero attached hydrogens (tertiary/aromatic N) is 5. The predicted molar refractivity (Wildman–Crippen MR) is 334 cm³/mol. The molecule has 3 aromatic heterocycles. The zero-order valence-electron chi connectivity index (χ0n) is 44.3. The molecule has 0 unspecified atom stereocenters. The van der Waals surface area contributed by atoms with Crippen LogP contribution in [0.2, 0.25) is 0 Å². The molecule has 81 heavy (non-hydrogen) atoms. The molecule has 14 aromatic rings. The average molecular weight is 1030 g/mol. The Morgan fingerprint density at radius 2 is 0.741 bits per heavy atom. The number of allylic oxidation sites excluding steroid dienone is 4. The van der Waals surface area contributed by atoms with Gasteiger partial charge < -0.3 is 4.57 Å². The van der Waals surface area contributed by atoms with Gasteiger partial charge in [0.15, 0.2) is 11.6 Å². The fraction of sp³-hybridized carbons (Fsp3) is 0.0395. The number of hydrogen-bond acceptors (Lipinski definition) is 3. The first-order valence-corrected chi connectivity index (χ1v) is 28.0. The largest absolute Gasteiger partial charge is 0.309 e. The van der Waals surface area contributed by atoms with Gasteiger partial charge in [0.05, 0.1) is 33.2 Å². The van der Waals surface area contributed by atoms with Gasteiger partial charge in [-0.2, -0.15) is 9.97 Å². The van der Waals surface area contributed by atoms with Crippen molar-refractivity contribution in [2.24, 2.45) is 0 Å². The van der Waals surface area contributed by atoms with Crippen LogP contribution in [0.1, 0.15) is 40.9 Å². The molecule has 4 heterocycles. The molecule has 0 fully saturated rings. The third-order valence-electron chi connectivity index (χ3n) is 16.8. The monoisotopic (exact) mass is 1030 g/mol. The normalized spacial score (nSPS) is 13.5. The second-order valence-electron chi connectivity index (χ2n) is 21.4. The lowest BCUT2D eigenvalue weighted by molar-refractivity contribution is 0.728. The van der Waals surface area contributed by atoms with E-state index in [0.29, 0.717) is 17.6 Å². The molecule has 5 heteroatoms. The first kappa shape index (κ1) is 46.6. The summed E-state index contributed by atoms with van der Waals surface area (Å²) in [5, 5.41) is 4.54. The van der Waals surface area contributed by atoms with Crippen LogP contribution in [0.4, 0.5) is 0 Å². The van der Waals surface area contributed by atoms with Crippen molar-refractivity contribution in [1.82, 2.24) is 24.1 Å². The van der Waals surface area contributed by atoms with Crippen molar-refractivity contribution in [2.45, 2.75) is 18.3 Å². The number of benzene rings is 11. The Kier molecular flexibility index (Phi) is 10.9. The Labute approximate surface area is 469 Å². The summed E-state index contributed by atoms with van der Waals surface area (Å²) in [6, 6.07) is 97.5. The maximum atomic E-state index is 5.73. The first-order chi connectivity index (χ1) is 40.2. The summed E-state index contributed by atoms with van der Waals surface area (Å²) in [4.78, 5) is 16.8. The van der Waals surface area contributed by atoms with E-state index in [-0.39, 0.29) is 0 Å². The molecule has 0 amide bonds. The Morgan fingerprint density at radius 3 is 1.23 bits per heavy atom. The van der Waals surface area contributed by atoms with Crippen LogP contribution in [0.25, 0.3) is 117 Å². The lowest BCUT2D eigenvalue weighted by Gasteiger charge is -2.42. The second-order valence-corrected chi connectivity index (χ2v) is 21.4. The van der Waals surface area contributed by atoms with Crippen molar-refractivity contribution >= 4 is 49.2 Å². The minimum absolute atomic E-state index is 0.563. The molecule has 0 spiro atoms. The topological polar surface area (TPSA) is 48.5 Å². The lowest BCUT2D eigenvalue weighted by Crippen LogP contribution is -2.35. The predicted octanol–water partition coefficient (Wildman–Crippen LogP) is 18.8. The quantitative estimate of drug-likeness (QED) is 0.145. The van der Waals surface area contributed by atoms with Crippen LogP contribution in [0, 0.1) is 0 Å². The third-order valence-corrected chi connectivity index (χ3v) is 16.8. The lowest BCUT2D eigenvalue weighted by atomic mass is 9.62. The van der Waals surface area contributed by atoms with Gasteiger partial charge in [-0.05, 0) is 140 Å². The first-order valence-electron chi connectivity index (χ1n) is 28.0. The number of fused-ring (bicyclic) bond motifs is 8. The molecule has 1 aliphatic heterocycles. The summed E-state index contributed by atoms with van der Waals surface area (Å²) in [7, 11) is 0. The van der Waals surface area contributed by atoms with Gasteiger partial charge in [0.1, 0.15) is 0 Å². The molecule has 5 nitrogen and oxygen atoms in total. The Balaban J connectivity index is 1.02. The van der Waals surface area contributed by atoms with Gasteiger partial charge in [0, 0.05) is 32.7 Å². The SMILES string of the molecule is C1=CC(c2nc(-c3cc4c5c(c3)c3cc(-c6ccccc6)ccc3n5-c3ccc(-c5ccccc5)cc3C4(c3ccccc3)c3ccccc3)nc(-n3c4ccc(-c5ccccc5)cc4c4cc(-c5ccccc5)ccc43)n2)=CCC1. The number of rotatable bonds is 9. The summed E-state index contributed by atoms with van der Waals surface area (Å²) >= 11 is 0. The van der Waals surface area contributed by atoms with E-state index in [1.165, 1.54) is 27.8 Å². The summed E-state index contributed by atoms with van der Waals surface area (Å²) in [6.45, 7) is 0. The molecule has 0 N–H and O–H groups in total. The van der Waals surface area contributed by atoms with Gasteiger partial charge in [-0.15, -0.1) is 0 Å². The molecule has 0 atom stereocenters. The van der Waals surface area contributed by atoms with Gasteiger partial charge in [0.25, 0.3) is 0 Å².